The van der Waals surface area contributed by atoms with Crippen molar-refractivity contribution in [3.05, 3.63) is 59.0 Å². The average Bonchev–Trinajstić information content (AvgIpc) is 3.36. The van der Waals surface area contributed by atoms with Crippen molar-refractivity contribution in [1.82, 2.24) is 9.55 Å². The van der Waals surface area contributed by atoms with Gasteiger partial charge in [0.25, 0.3) is 0 Å². The Morgan fingerprint density at radius 3 is 2.72 bits per heavy atom. The van der Waals surface area contributed by atoms with E-state index in [1.54, 1.807) is 17.3 Å². The van der Waals surface area contributed by atoms with Gasteiger partial charge < -0.3 is 9.47 Å². The maximum absolute atomic E-state index is 13.2. The molecular weight excluding hydrogens is 410 g/mol. The van der Waals surface area contributed by atoms with Gasteiger partial charge in [-0.15, -0.1) is 0 Å². The highest BCUT2D eigenvalue weighted by molar-refractivity contribution is 7.90. The lowest BCUT2D eigenvalue weighted by Gasteiger charge is -2.19. The van der Waals surface area contributed by atoms with Gasteiger partial charge in [-0.25, -0.2) is 8.42 Å². The number of carbonyl (C=O) groups excluding carboxylic acids is 1. The van der Waals surface area contributed by atoms with Crippen molar-refractivity contribution >= 4 is 43.9 Å². The number of benzene rings is 1. The second-order valence-electron chi connectivity index (χ2n) is 7.99. The van der Waals surface area contributed by atoms with Gasteiger partial charge in [0.15, 0.2) is 0 Å². The maximum atomic E-state index is 13.2. The molecule has 0 bridgehead atoms. The smallest absolute Gasteiger partial charge is 0.238 e. The molecule has 1 saturated carbocycles. The summed E-state index contributed by atoms with van der Waals surface area (Å²) in [6.07, 6.45) is 6.45. The molecule has 5 rings (SSSR count). The average molecular weight is 430 g/mol. The van der Waals surface area contributed by atoms with Gasteiger partial charge in [0.1, 0.15) is 9.84 Å². The minimum atomic E-state index is -3.14. The monoisotopic (exact) mass is 429 g/mol. The lowest BCUT2D eigenvalue weighted by Crippen LogP contribution is -2.32. The number of pyridine rings is 1. The summed E-state index contributed by atoms with van der Waals surface area (Å²) in [6.45, 7) is 0.681. The van der Waals surface area contributed by atoms with Crippen molar-refractivity contribution in [2.24, 2.45) is 0 Å². The van der Waals surface area contributed by atoms with E-state index in [0.717, 1.165) is 40.7 Å². The number of anilines is 1. The van der Waals surface area contributed by atoms with E-state index in [2.05, 4.69) is 4.98 Å². The van der Waals surface area contributed by atoms with Crippen molar-refractivity contribution in [3.63, 3.8) is 0 Å². The number of sulfone groups is 1. The van der Waals surface area contributed by atoms with Crippen LogP contribution in [0.2, 0.25) is 5.02 Å². The number of amides is 1. The van der Waals surface area contributed by atoms with Crippen LogP contribution in [-0.2, 0) is 33.1 Å². The van der Waals surface area contributed by atoms with Gasteiger partial charge in [-0.05, 0) is 42.7 Å². The summed E-state index contributed by atoms with van der Waals surface area (Å²) in [5.41, 5.74) is 3.28. The molecule has 1 aromatic carbocycles. The molecule has 1 aliphatic carbocycles. The second-order valence-corrected chi connectivity index (χ2v) is 10.7. The first-order chi connectivity index (χ1) is 13.8. The summed E-state index contributed by atoms with van der Waals surface area (Å²) >= 11 is 6.19. The Balaban J connectivity index is 1.58. The van der Waals surface area contributed by atoms with E-state index in [1.807, 2.05) is 34.9 Å². The quantitative estimate of drug-likeness (QED) is 0.623. The largest absolute Gasteiger partial charge is 0.342 e. The van der Waals surface area contributed by atoms with E-state index >= 15 is 0 Å². The van der Waals surface area contributed by atoms with Gasteiger partial charge in [0.2, 0.25) is 5.91 Å². The predicted octanol–water partition coefficient (Wildman–Crippen LogP) is 3.31. The van der Waals surface area contributed by atoms with Crippen LogP contribution in [0.25, 0.3) is 10.9 Å². The number of hydrogen-bond donors (Lipinski definition) is 0. The fourth-order valence-corrected chi connectivity index (χ4v) is 5.03. The minimum absolute atomic E-state index is 0.0202. The summed E-state index contributed by atoms with van der Waals surface area (Å²) in [4.78, 5) is 19.2. The topological polar surface area (TPSA) is 72.3 Å². The van der Waals surface area contributed by atoms with E-state index in [1.165, 1.54) is 6.26 Å². The van der Waals surface area contributed by atoms with Crippen molar-refractivity contribution in [2.75, 3.05) is 16.9 Å². The third-order valence-electron chi connectivity index (χ3n) is 5.97. The van der Waals surface area contributed by atoms with Crippen LogP contribution in [-0.4, -0.2) is 35.9 Å². The molecule has 8 heteroatoms. The third kappa shape index (κ3) is 3.04. The molecular formula is C21H20ClN3O3S. The minimum Gasteiger partial charge on any atom is -0.342 e. The number of halogens is 1. The molecule has 0 unspecified atom stereocenters. The van der Waals surface area contributed by atoms with Crippen molar-refractivity contribution in [3.8, 4) is 0 Å². The maximum Gasteiger partial charge on any atom is 0.238 e. The molecule has 0 atom stereocenters. The van der Waals surface area contributed by atoms with E-state index in [9.17, 15) is 13.2 Å². The molecule has 150 valence electrons. The molecule has 3 aromatic rings. The zero-order valence-corrected chi connectivity index (χ0v) is 17.5. The Labute approximate surface area is 174 Å². The van der Waals surface area contributed by atoms with Crippen LogP contribution >= 0.6 is 11.6 Å². The Kier molecular flexibility index (Phi) is 4.05. The molecule has 2 aromatic heterocycles. The van der Waals surface area contributed by atoms with Crippen LogP contribution < -0.4 is 4.90 Å². The Morgan fingerprint density at radius 1 is 1.21 bits per heavy atom. The van der Waals surface area contributed by atoms with Crippen molar-refractivity contribution in [2.45, 2.75) is 31.3 Å². The summed E-state index contributed by atoms with van der Waals surface area (Å²) in [5, 5.41) is 1.56. The summed E-state index contributed by atoms with van der Waals surface area (Å²) in [6, 6.07) is 9.52. The third-order valence-corrected chi connectivity index (χ3v) is 7.13. The zero-order valence-electron chi connectivity index (χ0n) is 15.9. The molecule has 2 aliphatic rings. The van der Waals surface area contributed by atoms with E-state index in [0.29, 0.717) is 18.1 Å². The zero-order chi connectivity index (χ0) is 20.4. The molecule has 0 radical (unpaired) electrons. The lowest BCUT2D eigenvalue weighted by atomic mass is 9.99. The van der Waals surface area contributed by atoms with Crippen LogP contribution in [0, 0.1) is 0 Å². The standard InChI is InChI=1S/C21H20ClN3O3S/c1-29(27,28)9-8-24-16(10-14-2-3-15(22)11-18(14)24)13-25-19-12-23-7-4-17(19)21(5-6-21)20(25)26/h2-4,7,10-12H,5-6,8-9,13H2,1H3. The number of aromatic nitrogens is 2. The molecule has 1 amide bonds. The van der Waals surface area contributed by atoms with Crippen molar-refractivity contribution in [1.29, 1.82) is 0 Å². The number of carbonyl (C=O) groups is 1. The van der Waals surface area contributed by atoms with Gasteiger partial charge >= 0.3 is 0 Å². The number of rotatable bonds is 5. The van der Waals surface area contributed by atoms with Gasteiger partial charge in [-0.2, -0.15) is 0 Å². The number of fused-ring (bicyclic) bond motifs is 3. The van der Waals surface area contributed by atoms with Gasteiger partial charge in [0.05, 0.1) is 29.6 Å². The first kappa shape index (κ1) is 18.6. The van der Waals surface area contributed by atoms with Crippen LogP contribution in [0.3, 0.4) is 0 Å². The lowest BCUT2D eigenvalue weighted by molar-refractivity contribution is -0.120. The van der Waals surface area contributed by atoms with Gasteiger partial charge in [0, 0.05) is 40.6 Å². The number of hydrogen-bond acceptors (Lipinski definition) is 4. The van der Waals surface area contributed by atoms with Gasteiger partial charge in [-0.1, -0.05) is 17.7 Å². The highest BCUT2D eigenvalue weighted by Crippen LogP contribution is 2.57. The molecule has 29 heavy (non-hydrogen) atoms. The molecule has 1 aliphatic heterocycles. The van der Waals surface area contributed by atoms with Crippen LogP contribution in [0.1, 0.15) is 24.1 Å². The second kappa shape index (κ2) is 6.31. The van der Waals surface area contributed by atoms with E-state index < -0.39 is 9.84 Å². The van der Waals surface area contributed by atoms with Gasteiger partial charge in [-0.3, -0.25) is 9.78 Å². The van der Waals surface area contributed by atoms with E-state index in [4.69, 9.17) is 11.6 Å². The number of aryl methyl sites for hydroxylation is 1. The van der Waals surface area contributed by atoms with E-state index in [-0.39, 0.29) is 17.1 Å². The van der Waals surface area contributed by atoms with Crippen molar-refractivity contribution < 1.29 is 13.2 Å². The first-order valence-electron chi connectivity index (χ1n) is 9.50. The fraction of sp³-hybridized carbons (Fsp3) is 0.333. The van der Waals surface area contributed by atoms with Crippen LogP contribution in [0.15, 0.2) is 42.7 Å². The SMILES string of the molecule is CS(=O)(=O)CCn1c(CN2C(=O)C3(CC3)c3ccncc32)cc2ccc(Cl)cc21. The Morgan fingerprint density at radius 2 is 2.00 bits per heavy atom. The summed E-state index contributed by atoms with van der Waals surface area (Å²) in [7, 11) is -3.14. The highest BCUT2D eigenvalue weighted by atomic mass is 35.5. The fourth-order valence-electron chi connectivity index (χ4n) is 4.35. The molecule has 1 fully saturated rings. The highest BCUT2D eigenvalue weighted by Gasteiger charge is 2.59. The summed E-state index contributed by atoms with van der Waals surface area (Å²) in [5.74, 6) is 0.130. The molecule has 0 saturated heterocycles. The Bertz CT molecular complexity index is 1260. The molecule has 1 spiro atoms. The first-order valence-corrected chi connectivity index (χ1v) is 11.9. The van der Waals surface area contributed by atoms with Crippen LogP contribution in [0.4, 0.5) is 5.69 Å². The molecule has 0 N–H and O–H groups in total. The molecule has 3 heterocycles. The normalized spacial score (nSPS) is 17.3. The Hall–Kier alpha value is -2.38. The molecule has 6 nitrogen and oxygen atoms in total. The predicted molar refractivity (Wildman–Crippen MR) is 113 cm³/mol. The number of nitrogens with zero attached hydrogens (tertiary/aromatic N) is 3. The summed E-state index contributed by atoms with van der Waals surface area (Å²) < 4.78 is 25.5. The van der Waals surface area contributed by atoms with Crippen LogP contribution in [0.5, 0.6) is 0 Å².